The van der Waals surface area contributed by atoms with Crippen molar-refractivity contribution in [2.75, 3.05) is 13.2 Å². The van der Waals surface area contributed by atoms with Crippen molar-refractivity contribution < 1.29 is 23.5 Å². The molecule has 228 valence electrons. The predicted molar refractivity (Wildman–Crippen MR) is 167 cm³/mol. The number of hydrogen-bond donors (Lipinski definition) is 3. The van der Waals surface area contributed by atoms with E-state index >= 15 is 0 Å². The van der Waals surface area contributed by atoms with Crippen LogP contribution in [0.2, 0.25) is 0 Å². The minimum Gasteiger partial charge on any atom is -0.494 e. The van der Waals surface area contributed by atoms with Gasteiger partial charge in [0.2, 0.25) is 0 Å². The van der Waals surface area contributed by atoms with Crippen molar-refractivity contribution in [1.29, 1.82) is 0 Å². The number of urea groups is 1. The summed E-state index contributed by atoms with van der Waals surface area (Å²) in [5.41, 5.74) is 9.26. The van der Waals surface area contributed by atoms with Crippen LogP contribution in [-0.2, 0) is 30.7 Å². The fraction of sp³-hybridized carbons (Fsp3) is 0.229. The zero-order chi connectivity index (χ0) is 31.3. The summed E-state index contributed by atoms with van der Waals surface area (Å²) < 4.78 is 19.4. The van der Waals surface area contributed by atoms with E-state index in [2.05, 4.69) is 10.6 Å². The zero-order valence-electron chi connectivity index (χ0n) is 24.7. The van der Waals surface area contributed by atoms with E-state index in [0.717, 1.165) is 21.6 Å². The van der Waals surface area contributed by atoms with Crippen molar-refractivity contribution in [3.8, 4) is 5.75 Å². The number of halogens is 1. The maximum atomic E-state index is 14.1. The first-order valence-electron chi connectivity index (χ1n) is 14.6. The lowest BCUT2D eigenvalue weighted by atomic mass is 10.0. The number of benzene rings is 4. The quantitative estimate of drug-likeness (QED) is 0.201. The van der Waals surface area contributed by atoms with E-state index < -0.39 is 29.7 Å². The van der Waals surface area contributed by atoms with E-state index in [4.69, 9.17) is 10.5 Å². The van der Waals surface area contributed by atoms with E-state index in [1.165, 1.54) is 12.1 Å². The monoisotopic (exact) mass is 596 g/mol. The third kappa shape index (κ3) is 9.24. The maximum Gasteiger partial charge on any atom is 0.324 e. The molecule has 0 saturated heterocycles. The van der Waals surface area contributed by atoms with Crippen molar-refractivity contribution in [3.05, 3.63) is 137 Å². The van der Waals surface area contributed by atoms with Gasteiger partial charge in [0, 0.05) is 31.6 Å². The molecule has 0 aliphatic rings. The number of nitrogens with two attached hydrogens (primary N) is 1. The molecule has 9 heteroatoms. The van der Waals surface area contributed by atoms with E-state index in [1.54, 1.807) is 54.6 Å². The van der Waals surface area contributed by atoms with Crippen LogP contribution in [0.25, 0.3) is 0 Å². The van der Waals surface area contributed by atoms with Gasteiger partial charge in [0.05, 0.1) is 6.61 Å². The average Bonchev–Trinajstić information content (AvgIpc) is 3.05. The molecule has 0 bridgehead atoms. The molecular weight excluding hydrogens is 559 g/mol. The number of nitrogens with one attached hydrogen (secondary N) is 2. The Labute approximate surface area is 257 Å². The first kappa shape index (κ1) is 31.9. The zero-order valence-corrected chi connectivity index (χ0v) is 24.7. The van der Waals surface area contributed by atoms with Gasteiger partial charge in [0.15, 0.2) is 0 Å². The van der Waals surface area contributed by atoms with Gasteiger partial charge in [0.1, 0.15) is 17.6 Å². The van der Waals surface area contributed by atoms with Crippen LogP contribution >= 0.6 is 0 Å². The van der Waals surface area contributed by atoms with Crippen LogP contribution in [0.4, 0.5) is 9.18 Å². The molecule has 0 heterocycles. The second kappa shape index (κ2) is 16.0. The van der Waals surface area contributed by atoms with Gasteiger partial charge in [-0.2, -0.15) is 0 Å². The minimum atomic E-state index is -1.07. The first-order chi connectivity index (χ1) is 21.4. The van der Waals surface area contributed by atoms with E-state index in [1.807, 2.05) is 43.3 Å². The van der Waals surface area contributed by atoms with Crippen molar-refractivity contribution in [1.82, 2.24) is 15.5 Å². The van der Waals surface area contributed by atoms with Crippen LogP contribution < -0.4 is 21.1 Å². The Kier molecular flexibility index (Phi) is 11.6. The Morgan fingerprint density at radius 2 is 1.52 bits per heavy atom. The van der Waals surface area contributed by atoms with Crippen molar-refractivity contribution in [2.45, 2.75) is 38.9 Å². The first-order valence-corrected chi connectivity index (χ1v) is 14.6. The minimum absolute atomic E-state index is 0.0266. The number of amides is 4. The molecule has 0 unspecified atom stereocenters. The largest absolute Gasteiger partial charge is 0.494 e. The summed E-state index contributed by atoms with van der Waals surface area (Å²) in [6.07, 6.45) is 0.360. The third-order valence-corrected chi connectivity index (χ3v) is 7.04. The number of carbonyl (C=O) groups is 3. The average molecular weight is 597 g/mol. The molecule has 1 atom stereocenters. The molecule has 0 radical (unpaired) electrons. The topological polar surface area (TPSA) is 114 Å². The fourth-order valence-electron chi connectivity index (χ4n) is 4.65. The fourth-order valence-corrected chi connectivity index (χ4v) is 4.65. The summed E-state index contributed by atoms with van der Waals surface area (Å²) in [6, 6.07) is 27.6. The Morgan fingerprint density at radius 3 is 2.18 bits per heavy atom. The van der Waals surface area contributed by atoms with Crippen LogP contribution in [0.15, 0.2) is 103 Å². The van der Waals surface area contributed by atoms with Crippen LogP contribution in [0.3, 0.4) is 0 Å². The van der Waals surface area contributed by atoms with Crippen LogP contribution in [0, 0.1) is 5.82 Å². The molecular formula is C35H37FN4O4. The van der Waals surface area contributed by atoms with E-state index in [9.17, 15) is 18.8 Å². The SMILES string of the molecule is CCOc1ccc(C[C@@H](NC(=O)c2ccccc2)C(=O)N(CCc2cccc(F)c2)C(=O)NCc2ccc(CN)cc2)cc1. The summed E-state index contributed by atoms with van der Waals surface area (Å²) in [5, 5.41) is 5.66. The summed E-state index contributed by atoms with van der Waals surface area (Å²) in [7, 11) is 0. The highest BCUT2D eigenvalue weighted by Crippen LogP contribution is 2.16. The summed E-state index contributed by atoms with van der Waals surface area (Å²) in [4.78, 5) is 42.0. The molecule has 4 aromatic rings. The Hall–Kier alpha value is -5.02. The van der Waals surface area contributed by atoms with Gasteiger partial charge in [0.25, 0.3) is 11.8 Å². The highest BCUT2D eigenvalue weighted by Gasteiger charge is 2.30. The molecule has 4 rings (SSSR count). The molecule has 0 fully saturated rings. The lowest BCUT2D eigenvalue weighted by Gasteiger charge is -2.27. The standard InChI is InChI=1S/C35H37FN4O4/c1-2-44-31-17-15-26(16-18-31)22-32(39-33(41)29-8-4-3-5-9-29)34(42)40(20-19-25-7-6-10-30(36)21-25)35(43)38-24-28-13-11-27(23-37)12-14-28/h3-18,21,32H,2,19-20,22-24,37H2,1H3,(H,38,43)(H,39,41)/t32-/m1/s1. The normalized spacial score (nSPS) is 11.3. The molecule has 0 aliphatic carbocycles. The number of rotatable bonds is 13. The van der Waals surface area contributed by atoms with Crippen molar-refractivity contribution in [3.63, 3.8) is 0 Å². The number of nitrogens with zero attached hydrogens (tertiary/aromatic N) is 1. The molecule has 44 heavy (non-hydrogen) atoms. The number of carbonyl (C=O) groups excluding carboxylic acids is 3. The lowest BCUT2D eigenvalue weighted by molar-refractivity contribution is -0.130. The molecule has 0 saturated carbocycles. The van der Waals surface area contributed by atoms with Crippen LogP contribution in [0.1, 0.15) is 39.5 Å². The molecule has 0 spiro atoms. The second-order valence-electron chi connectivity index (χ2n) is 10.2. The number of ether oxygens (including phenoxy) is 1. The van der Waals surface area contributed by atoms with Gasteiger partial charge in [-0.3, -0.25) is 14.5 Å². The number of imide groups is 1. The number of hydrogen-bond acceptors (Lipinski definition) is 5. The van der Waals surface area contributed by atoms with Gasteiger partial charge >= 0.3 is 6.03 Å². The third-order valence-electron chi connectivity index (χ3n) is 7.04. The predicted octanol–water partition coefficient (Wildman–Crippen LogP) is 5.01. The van der Waals surface area contributed by atoms with E-state index in [0.29, 0.717) is 30.0 Å². The van der Waals surface area contributed by atoms with Gasteiger partial charge in [-0.15, -0.1) is 0 Å². The molecule has 8 nitrogen and oxygen atoms in total. The van der Waals surface area contributed by atoms with Gasteiger partial charge in [-0.05, 0) is 72.0 Å². The lowest BCUT2D eigenvalue weighted by Crippen LogP contribution is -2.54. The molecule has 4 N–H and O–H groups in total. The molecule has 0 aliphatic heterocycles. The van der Waals surface area contributed by atoms with E-state index in [-0.39, 0.29) is 25.9 Å². The highest BCUT2D eigenvalue weighted by atomic mass is 19.1. The summed E-state index contributed by atoms with van der Waals surface area (Å²) in [5.74, 6) is -0.756. The van der Waals surface area contributed by atoms with Crippen LogP contribution in [-0.4, -0.2) is 41.9 Å². The molecule has 4 aromatic carbocycles. The molecule has 4 amide bonds. The summed E-state index contributed by atoms with van der Waals surface area (Å²) in [6.45, 7) is 2.95. The highest BCUT2D eigenvalue weighted by molar-refractivity contribution is 6.01. The van der Waals surface area contributed by atoms with Gasteiger partial charge < -0.3 is 21.1 Å². The van der Waals surface area contributed by atoms with Crippen LogP contribution in [0.5, 0.6) is 5.75 Å². The van der Waals surface area contributed by atoms with Gasteiger partial charge in [-0.1, -0.05) is 66.7 Å². The van der Waals surface area contributed by atoms with Gasteiger partial charge in [-0.25, -0.2) is 9.18 Å². The Balaban J connectivity index is 1.59. The Bertz CT molecular complexity index is 1530. The second-order valence-corrected chi connectivity index (χ2v) is 10.2. The Morgan fingerprint density at radius 1 is 0.841 bits per heavy atom. The maximum absolute atomic E-state index is 14.1. The summed E-state index contributed by atoms with van der Waals surface area (Å²) >= 11 is 0. The van der Waals surface area contributed by atoms with Crippen molar-refractivity contribution >= 4 is 17.8 Å². The van der Waals surface area contributed by atoms with Crippen molar-refractivity contribution in [2.24, 2.45) is 5.73 Å². The molecule has 0 aromatic heterocycles. The smallest absolute Gasteiger partial charge is 0.324 e.